The van der Waals surface area contributed by atoms with Crippen LogP contribution in [0.3, 0.4) is 0 Å². The van der Waals surface area contributed by atoms with Gasteiger partial charge in [-0.15, -0.1) is 0 Å². The van der Waals surface area contributed by atoms with Crippen LogP contribution in [-0.4, -0.2) is 19.1 Å². The van der Waals surface area contributed by atoms with Gasteiger partial charge in [-0.1, -0.05) is 200 Å². The Kier molecular flexibility index (Phi) is 10.7. The fraction of sp³-hybridized carbons (Fsp3) is 0. The predicted octanol–water partition coefficient (Wildman–Crippen LogP) is 18.5. The van der Waals surface area contributed by atoms with Gasteiger partial charge in [0.1, 0.15) is 0 Å². The number of anilines is 2. The lowest BCUT2D eigenvalue weighted by Crippen LogP contribution is -2.34. The zero-order chi connectivity index (χ0) is 53.6. The van der Waals surface area contributed by atoms with Gasteiger partial charge in [0.25, 0.3) is 0 Å². The van der Waals surface area contributed by atoms with Gasteiger partial charge in [0.2, 0.25) is 13.2 Å². The smallest absolute Gasteiger partial charge is 0.237 e. The fourth-order valence-electron chi connectivity index (χ4n) is 12.5. The molecule has 0 spiro atoms. The highest BCUT2D eigenvalue weighted by Crippen LogP contribution is 2.62. The van der Waals surface area contributed by atoms with Gasteiger partial charge in [0.05, 0.1) is 39.0 Å². The van der Waals surface area contributed by atoms with Gasteiger partial charge in [0.15, 0.2) is 0 Å². The summed E-state index contributed by atoms with van der Waals surface area (Å²) in [4.78, 5) is 11.0. The summed E-state index contributed by atoms with van der Waals surface area (Å²) in [6.45, 7) is 0. The first-order valence-corrected chi connectivity index (χ1v) is 29.1. The summed E-state index contributed by atoms with van der Waals surface area (Å²) in [7, 11) is -4.00. The molecule has 12 aromatic carbocycles. The fourth-order valence-corrected chi connectivity index (χ4v) is 15.5. The molecule has 0 saturated heterocycles. The summed E-state index contributed by atoms with van der Waals surface area (Å²) < 4.78 is 24.7. The van der Waals surface area contributed by atoms with Crippen molar-refractivity contribution < 1.29 is 4.57 Å². The molecule has 16 rings (SSSR count). The molecule has 3 aromatic heterocycles. The summed E-state index contributed by atoms with van der Waals surface area (Å²) in [6, 6.07) is 102. The average Bonchev–Trinajstić information content (AvgIpc) is 4.19. The Bertz CT molecular complexity index is 5020. The third-order valence-electron chi connectivity index (χ3n) is 16.3. The monoisotopic (exact) mass is 1050 g/mol. The number of rotatable bonds is 8. The van der Waals surface area contributed by atoms with E-state index in [0.717, 1.165) is 117 Å². The molecule has 6 nitrogen and oxygen atoms in total. The zero-order valence-electron chi connectivity index (χ0n) is 43.8. The van der Waals surface area contributed by atoms with Gasteiger partial charge >= 0.3 is 0 Å². The molecule has 380 valence electrons. The van der Waals surface area contributed by atoms with Gasteiger partial charge in [-0.3, -0.25) is 9.24 Å². The van der Waals surface area contributed by atoms with Crippen molar-refractivity contribution in [2.24, 2.45) is 0 Å². The summed E-state index contributed by atoms with van der Waals surface area (Å²) in [5, 5.41) is 6.93. The van der Waals surface area contributed by atoms with Crippen LogP contribution in [0, 0.1) is 0 Å². The second-order valence-electron chi connectivity index (χ2n) is 20.9. The minimum Gasteiger partial charge on any atom is -0.309 e. The molecular weight excluding hydrogens is 1010 g/mol. The quantitative estimate of drug-likeness (QED) is 0.142. The van der Waals surface area contributed by atoms with Crippen LogP contribution in [0.15, 0.2) is 291 Å². The number of hydrogen-bond acceptors (Lipinski definition) is 3. The summed E-state index contributed by atoms with van der Waals surface area (Å²) in [5.74, 6) is 0.356. The molecule has 1 unspecified atom stereocenters. The molecule has 15 aromatic rings. The number of para-hydroxylation sites is 5. The van der Waals surface area contributed by atoms with E-state index < -0.39 is 7.29 Å². The molecule has 0 fully saturated rings. The third-order valence-corrected chi connectivity index (χ3v) is 19.3. The van der Waals surface area contributed by atoms with Gasteiger partial charge in [-0.25, -0.2) is 9.97 Å². The topological polar surface area (TPSA) is 56.0 Å². The lowest BCUT2D eigenvalue weighted by molar-refractivity contribution is 0.586. The van der Waals surface area contributed by atoms with E-state index in [0.29, 0.717) is 16.6 Å². The molecule has 1 atom stereocenters. The Hall–Kier alpha value is -10.4. The molecule has 0 amide bonds. The lowest BCUT2D eigenvalue weighted by atomic mass is 9.95. The summed E-state index contributed by atoms with van der Waals surface area (Å²) >= 11 is 0. The van der Waals surface area contributed by atoms with Crippen LogP contribution in [0.5, 0.6) is 0 Å². The largest absolute Gasteiger partial charge is 0.309 e. The van der Waals surface area contributed by atoms with Crippen LogP contribution in [-0.2, 0) is 4.57 Å². The third kappa shape index (κ3) is 7.45. The van der Waals surface area contributed by atoms with Crippen molar-refractivity contribution >= 4 is 84.1 Å². The van der Waals surface area contributed by atoms with E-state index in [-0.39, 0.29) is 0 Å². The molecule has 0 saturated carbocycles. The molecule has 0 N–H and O–H groups in total. The van der Waals surface area contributed by atoms with E-state index in [1.807, 2.05) is 47.1 Å². The van der Waals surface area contributed by atoms with Crippen LogP contribution in [0.4, 0.5) is 11.6 Å². The van der Waals surface area contributed by atoms with Crippen molar-refractivity contribution in [1.29, 1.82) is 0 Å². The highest BCUT2D eigenvalue weighted by atomic mass is 31.2. The second-order valence-corrected chi connectivity index (χ2v) is 23.4. The van der Waals surface area contributed by atoms with E-state index in [2.05, 4.69) is 258 Å². The van der Waals surface area contributed by atoms with E-state index in [4.69, 9.17) is 9.97 Å². The molecule has 0 radical (unpaired) electrons. The van der Waals surface area contributed by atoms with E-state index in [1.165, 1.54) is 10.8 Å². The first kappa shape index (κ1) is 46.7. The Morgan fingerprint density at radius 2 is 0.741 bits per heavy atom. The van der Waals surface area contributed by atoms with Gasteiger partial charge in [0, 0.05) is 60.0 Å². The highest BCUT2D eigenvalue weighted by molar-refractivity contribution is 7.80. The standard InChI is InChI=1S/C74H48N5OP/c80-81(58-39-33-50(34-40-58)49-19-5-1-6-20-49)72-48-55(53-38-44-70-65(46-53)60-28-15-18-32-68(60)78(70)57-25-11-4-12-26-57)36-42-62(72)61-41-35-54(52-37-43-69-64(45-52)59-27-14-17-31-67(59)77(69)56-23-9-3-10-24-56)47-71(61)79(81)74-75-66-30-16-13-29-63(66)73(76-74)51-21-7-2-8-22-51/h1-48H. The Morgan fingerprint density at radius 1 is 0.309 bits per heavy atom. The van der Waals surface area contributed by atoms with Gasteiger partial charge < -0.3 is 9.13 Å². The number of benzene rings is 12. The first-order valence-electron chi connectivity index (χ1n) is 27.4. The number of nitrogens with zero attached hydrogens (tertiary/aromatic N) is 5. The SMILES string of the molecule is O=P1(c2ccc(-c3ccccc3)cc2)c2cc(-c3ccc4c(c3)c3ccccc3n4-c3ccccc3)ccc2-c2ccc(-c3ccc4c(c3)c3ccccc3n4-c3ccccc3)cc2N1c1nc(-c2ccccc2)c2ccccc2n1. The number of fused-ring (bicyclic) bond motifs is 10. The Labute approximate surface area is 468 Å². The Morgan fingerprint density at radius 3 is 1.33 bits per heavy atom. The molecule has 0 aliphatic carbocycles. The normalized spacial score (nSPS) is 14.0. The van der Waals surface area contributed by atoms with Crippen LogP contribution in [0.25, 0.3) is 122 Å². The van der Waals surface area contributed by atoms with Gasteiger partial charge in [-0.05, 0) is 130 Å². The van der Waals surface area contributed by atoms with E-state index in [1.54, 1.807) is 0 Å². The molecule has 7 heteroatoms. The van der Waals surface area contributed by atoms with Crippen LogP contribution in [0.2, 0.25) is 0 Å². The summed E-state index contributed by atoms with van der Waals surface area (Å²) in [6.07, 6.45) is 0. The molecule has 1 aliphatic heterocycles. The predicted molar refractivity (Wildman–Crippen MR) is 337 cm³/mol. The van der Waals surface area contributed by atoms with Crippen molar-refractivity contribution in [3.63, 3.8) is 0 Å². The van der Waals surface area contributed by atoms with Crippen LogP contribution >= 0.6 is 7.29 Å². The molecule has 81 heavy (non-hydrogen) atoms. The minimum absolute atomic E-state index is 0.356. The summed E-state index contributed by atoms with van der Waals surface area (Å²) in [5.41, 5.74) is 17.9. The van der Waals surface area contributed by atoms with Crippen molar-refractivity contribution in [2.45, 2.75) is 0 Å². The highest BCUT2D eigenvalue weighted by Gasteiger charge is 2.45. The first-order chi connectivity index (χ1) is 40.0. The van der Waals surface area contributed by atoms with Crippen LogP contribution < -0.4 is 15.3 Å². The zero-order valence-corrected chi connectivity index (χ0v) is 44.7. The second kappa shape index (κ2) is 18.6. The van der Waals surface area contributed by atoms with E-state index in [9.17, 15) is 0 Å². The van der Waals surface area contributed by atoms with Gasteiger partial charge in [-0.2, -0.15) is 0 Å². The maximum Gasteiger partial charge on any atom is 0.237 e. The minimum atomic E-state index is -4.00. The average molecular weight is 1050 g/mol. The molecule has 0 bridgehead atoms. The molecule has 1 aliphatic rings. The van der Waals surface area contributed by atoms with Crippen molar-refractivity contribution in [2.75, 3.05) is 4.67 Å². The number of aromatic nitrogens is 4. The van der Waals surface area contributed by atoms with Crippen molar-refractivity contribution in [3.05, 3.63) is 291 Å². The molecular formula is C74H48N5OP. The van der Waals surface area contributed by atoms with Crippen LogP contribution in [0.1, 0.15) is 0 Å². The van der Waals surface area contributed by atoms with Crippen molar-refractivity contribution in [3.8, 4) is 67.1 Å². The van der Waals surface area contributed by atoms with Crippen molar-refractivity contribution in [1.82, 2.24) is 19.1 Å². The Balaban J connectivity index is 0.956. The number of hydrogen-bond donors (Lipinski definition) is 0. The maximum atomic E-state index is 18.1. The maximum absolute atomic E-state index is 18.1. The lowest BCUT2D eigenvalue weighted by Gasteiger charge is -2.39. The molecule has 4 heterocycles. The van der Waals surface area contributed by atoms with E-state index >= 15 is 4.57 Å².